The quantitative estimate of drug-likeness (QED) is 0.804. The third kappa shape index (κ3) is 3.62. The van der Waals surface area contributed by atoms with E-state index in [2.05, 4.69) is 11.8 Å². The van der Waals surface area contributed by atoms with E-state index in [9.17, 15) is 13.7 Å². The normalized spacial score (nSPS) is 17.6. The first-order valence-electron chi connectivity index (χ1n) is 8.43. The molecule has 136 valence electrons. The van der Waals surface area contributed by atoms with Gasteiger partial charge in [-0.15, -0.1) is 0 Å². The zero-order valence-electron chi connectivity index (χ0n) is 14.5. The Labute approximate surface area is 159 Å². The lowest BCUT2D eigenvalue weighted by Gasteiger charge is -2.37. The maximum Gasteiger partial charge on any atom is 0.244 e. The largest absolute Gasteiger partial charge is 0.294 e. The highest BCUT2D eigenvalue weighted by Gasteiger charge is 2.32. The van der Waals surface area contributed by atoms with Crippen molar-refractivity contribution in [1.82, 2.24) is 9.21 Å². The molecule has 1 heterocycles. The predicted octanol–water partition coefficient (Wildman–Crippen LogP) is 3.28. The summed E-state index contributed by atoms with van der Waals surface area (Å²) in [5.41, 5.74) is 1.22. The van der Waals surface area contributed by atoms with Crippen LogP contribution in [0.25, 0.3) is 0 Å². The molecule has 0 spiro atoms. The van der Waals surface area contributed by atoms with E-state index in [0.29, 0.717) is 26.2 Å². The molecule has 0 radical (unpaired) electrons. The molecule has 0 aliphatic carbocycles. The van der Waals surface area contributed by atoms with Crippen LogP contribution in [0.4, 0.5) is 0 Å². The SMILES string of the molecule is C[C@H](c1ccccc1Cl)N1CCN(S(=O)(=O)c2ccccc2C#N)CC1. The summed E-state index contributed by atoms with van der Waals surface area (Å²) in [6.07, 6.45) is 0. The number of nitriles is 1. The van der Waals surface area contributed by atoms with E-state index in [1.807, 2.05) is 30.3 Å². The summed E-state index contributed by atoms with van der Waals surface area (Å²) >= 11 is 6.29. The van der Waals surface area contributed by atoms with Gasteiger partial charge in [0, 0.05) is 37.2 Å². The molecule has 3 rings (SSSR count). The van der Waals surface area contributed by atoms with Gasteiger partial charge >= 0.3 is 0 Å². The molecule has 0 saturated carbocycles. The monoisotopic (exact) mass is 389 g/mol. The second-order valence-electron chi connectivity index (χ2n) is 6.25. The summed E-state index contributed by atoms with van der Waals surface area (Å²) in [7, 11) is -3.67. The highest BCUT2D eigenvalue weighted by molar-refractivity contribution is 7.89. The van der Waals surface area contributed by atoms with Crippen LogP contribution in [0.1, 0.15) is 24.1 Å². The first-order valence-corrected chi connectivity index (χ1v) is 10.2. The third-order valence-electron chi connectivity index (χ3n) is 4.80. The molecular weight excluding hydrogens is 370 g/mol. The van der Waals surface area contributed by atoms with Gasteiger partial charge in [0.1, 0.15) is 6.07 Å². The Morgan fingerprint density at radius 1 is 1.04 bits per heavy atom. The van der Waals surface area contributed by atoms with Crippen LogP contribution in [0.15, 0.2) is 53.4 Å². The number of hydrogen-bond donors (Lipinski definition) is 0. The van der Waals surface area contributed by atoms with Gasteiger partial charge in [-0.3, -0.25) is 4.90 Å². The lowest BCUT2D eigenvalue weighted by molar-refractivity contribution is 0.146. The van der Waals surface area contributed by atoms with Crippen molar-refractivity contribution < 1.29 is 8.42 Å². The van der Waals surface area contributed by atoms with E-state index in [0.717, 1.165) is 10.6 Å². The number of hydrogen-bond acceptors (Lipinski definition) is 4. The number of benzene rings is 2. The van der Waals surface area contributed by atoms with Gasteiger partial charge in [0.15, 0.2) is 0 Å². The van der Waals surface area contributed by atoms with Crippen LogP contribution in [-0.4, -0.2) is 43.8 Å². The fourth-order valence-electron chi connectivity index (χ4n) is 3.26. The van der Waals surface area contributed by atoms with E-state index >= 15 is 0 Å². The summed E-state index contributed by atoms with van der Waals surface area (Å²) in [5.74, 6) is 0. The molecule has 1 fully saturated rings. The number of rotatable bonds is 4. The predicted molar refractivity (Wildman–Crippen MR) is 101 cm³/mol. The van der Waals surface area contributed by atoms with Crippen molar-refractivity contribution in [3.8, 4) is 6.07 Å². The number of sulfonamides is 1. The Bertz CT molecular complexity index is 932. The van der Waals surface area contributed by atoms with Crippen LogP contribution in [0.5, 0.6) is 0 Å². The molecule has 1 aliphatic rings. The Hall–Kier alpha value is -1.91. The van der Waals surface area contributed by atoms with Gasteiger partial charge in [-0.25, -0.2) is 8.42 Å². The second-order valence-corrected chi connectivity index (χ2v) is 8.56. The van der Waals surface area contributed by atoms with Crippen molar-refractivity contribution in [3.63, 3.8) is 0 Å². The maximum absolute atomic E-state index is 12.9. The summed E-state index contributed by atoms with van der Waals surface area (Å²) < 4.78 is 27.3. The molecule has 7 heteroatoms. The molecule has 2 aromatic carbocycles. The van der Waals surface area contributed by atoms with Crippen LogP contribution < -0.4 is 0 Å². The Morgan fingerprint density at radius 3 is 2.31 bits per heavy atom. The van der Waals surface area contributed by atoms with Crippen LogP contribution in [0, 0.1) is 11.3 Å². The van der Waals surface area contributed by atoms with Crippen molar-refractivity contribution in [2.45, 2.75) is 17.9 Å². The molecule has 1 atom stereocenters. The Morgan fingerprint density at radius 2 is 1.65 bits per heavy atom. The topological polar surface area (TPSA) is 64.4 Å². The Kier molecular flexibility index (Phi) is 5.64. The van der Waals surface area contributed by atoms with Crippen molar-refractivity contribution in [3.05, 3.63) is 64.7 Å². The minimum atomic E-state index is -3.67. The molecule has 5 nitrogen and oxygen atoms in total. The molecule has 1 aliphatic heterocycles. The molecule has 0 amide bonds. The highest BCUT2D eigenvalue weighted by atomic mass is 35.5. The first-order chi connectivity index (χ1) is 12.4. The number of piperazine rings is 1. The van der Waals surface area contributed by atoms with Crippen molar-refractivity contribution >= 4 is 21.6 Å². The van der Waals surface area contributed by atoms with Crippen LogP contribution in [-0.2, 0) is 10.0 Å². The lowest BCUT2D eigenvalue weighted by atomic mass is 10.1. The lowest BCUT2D eigenvalue weighted by Crippen LogP contribution is -2.49. The van der Waals surface area contributed by atoms with Gasteiger partial charge in [0.25, 0.3) is 0 Å². The molecule has 26 heavy (non-hydrogen) atoms. The first kappa shape index (κ1) is 18.9. The molecule has 1 saturated heterocycles. The average molecular weight is 390 g/mol. The van der Waals surface area contributed by atoms with Gasteiger partial charge in [-0.1, -0.05) is 41.9 Å². The fraction of sp³-hybridized carbons (Fsp3) is 0.316. The number of nitrogens with zero attached hydrogens (tertiary/aromatic N) is 3. The van der Waals surface area contributed by atoms with Crippen molar-refractivity contribution in [1.29, 1.82) is 5.26 Å². The maximum atomic E-state index is 12.9. The fourth-order valence-corrected chi connectivity index (χ4v) is 5.12. The van der Waals surface area contributed by atoms with Crippen LogP contribution in [0.2, 0.25) is 5.02 Å². The minimum Gasteiger partial charge on any atom is -0.294 e. The van der Waals surface area contributed by atoms with Crippen molar-refractivity contribution in [2.24, 2.45) is 0 Å². The Balaban J connectivity index is 1.74. The molecule has 0 N–H and O–H groups in total. The van der Waals surface area contributed by atoms with Gasteiger partial charge < -0.3 is 0 Å². The van der Waals surface area contributed by atoms with Gasteiger partial charge in [0.05, 0.1) is 10.5 Å². The minimum absolute atomic E-state index is 0.0788. The van der Waals surface area contributed by atoms with E-state index in [1.165, 1.54) is 16.4 Å². The van der Waals surface area contributed by atoms with E-state index < -0.39 is 10.0 Å². The molecule has 0 unspecified atom stereocenters. The molecular formula is C19H20ClN3O2S. The summed E-state index contributed by atoms with van der Waals surface area (Å²) in [6.45, 7) is 4.07. The van der Waals surface area contributed by atoms with Crippen LogP contribution >= 0.6 is 11.6 Å². The summed E-state index contributed by atoms with van der Waals surface area (Å²) in [5, 5.41) is 9.91. The third-order valence-corrected chi connectivity index (χ3v) is 7.10. The van der Waals surface area contributed by atoms with Crippen LogP contribution in [0.3, 0.4) is 0 Å². The molecule has 0 bridgehead atoms. The standard InChI is InChI=1S/C19H20ClN3O2S/c1-15(17-7-3-4-8-18(17)20)22-10-12-23(13-11-22)26(24,25)19-9-5-2-6-16(19)14-21/h2-9,15H,10-13H2,1H3/t15-/m1/s1. The smallest absolute Gasteiger partial charge is 0.244 e. The second kappa shape index (κ2) is 7.77. The van der Waals surface area contributed by atoms with Gasteiger partial charge in [-0.05, 0) is 30.7 Å². The average Bonchev–Trinajstić information content (AvgIpc) is 2.68. The molecule has 0 aromatic heterocycles. The molecule has 2 aromatic rings. The zero-order chi connectivity index (χ0) is 18.7. The van der Waals surface area contributed by atoms with E-state index in [-0.39, 0.29) is 16.5 Å². The summed E-state index contributed by atoms with van der Waals surface area (Å²) in [6, 6.07) is 16.1. The van der Waals surface area contributed by atoms with E-state index in [4.69, 9.17) is 11.6 Å². The van der Waals surface area contributed by atoms with Gasteiger partial charge in [-0.2, -0.15) is 9.57 Å². The van der Waals surface area contributed by atoms with E-state index in [1.54, 1.807) is 12.1 Å². The summed E-state index contributed by atoms with van der Waals surface area (Å²) in [4.78, 5) is 2.30. The number of halogens is 1. The highest BCUT2D eigenvalue weighted by Crippen LogP contribution is 2.29. The zero-order valence-corrected chi connectivity index (χ0v) is 16.0. The van der Waals surface area contributed by atoms with Crippen molar-refractivity contribution in [2.75, 3.05) is 26.2 Å². The van der Waals surface area contributed by atoms with Gasteiger partial charge in [0.2, 0.25) is 10.0 Å².